The summed E-state index contributed by atoms with van der Waals surface area (Å²) in [7, 11) is 2.15. The first-order chi connectivity index (χ1) is 7.42. The van der Waals surface area contributed by atoms with E-state index in [2.05, 4.69) is 17.3 Å². The second-order valence-corrected chi connectivity index (χ2v) is 5.57. The Labute approximate surface area is 98.0 Å². The molecule has 0 aromatic rings. The Morgan fingerprint density at radius 3 is 2.75 bits per heavy atom. The second-order valence-electron chi connectivity index (χ2n) is 5.57. The minimum Gasteiger partial charge on any atom is -0.481 e. The van der Waals surface area contributed by atoms with Gasteiger partial charge in [-0.15, -0.1) is 0 Å². The van der Waals surface area contributed by atoms with E-state index in [4.69, 9.17) is 5.11 Å². The fraction of sp³-hybridized carbons (Fsp3) is 0.917. The molecule has 0 aromatic carbocycles. The summed E-state index contributed by atoms with van der Waals surface area (Å²) in [6, 6.07) is 0. The van der Waals surface area contributed by atoms with E-state index in [1.807, 2.05) is 0 Å². The number of carbonyl (C=O) groups is 1. The zero-order chi connectivity index (χ0) is 12.2. The summed E-state index contributed by atoms with van der Waals surface area (Å²) in [5.74, 6) is 0.0473. The van der Waals surface area contributed by atoms with E-state index in [0.717, 1.165) is 18.9 Å². The molecule has 1 heterocycles. The first kappa shape index (κ1) is 13.5. The Morgan fingerprint density at radius 1 is 1.56 bits per heavy atom. The third-order valence-electron chi connectivity index (χ3n) is 3.36. The predicted octanol–water partition coefficient (Wildman–Crippen LogP) is 1.03. The highest BCUT2D eigenvalue weighted by molar-refractivity contribution is 5.73. The molecule has 16 heavy (non-hydrogen) atoms. The van der Waals surface area contributed by atoms with Crippen LogP contribution in [0.3, 0.4) is 0 Å². The van der Waals surface area contributed by atoms with Gasteiger partial charge in [-0.1, -0.05) is 0 Å². The maximum absolute atomic E-state index is 10.9. The number of rotatable bonds is 6. The van der Waals surface area contributed by atoms with E-state index in [1.165, 1.54) is 19.5 Å². The normalized spacial score (nSPS) is 22.6. The maximum atomic E-state index is 10.9. The highest BCUT2D eigenvalue weighted by Crippen LogP contribution is 2.17. The molecule has 1 unspecified atom stereocenters. The summed E-state index contributed by atoms with van der Waals surface area (Å²) in [5, 5.41) is 12.2. The van der Waals surface area contributed by atoms with Crippen molar-refractivity contribution in [2.75, 3.05) is 33.2 Å². The van der Waals surface area contributed by atoms with E-state index in [0.29, 0.717) is 6.54 Å². The number of hydrogen-bond acceptors (Lipinski definition) is 3. The first-order valence-electron chi connectivity index (χ1n) is 6.04. The molecule has 0 bridgehead atoms. The Kier molecular flexibility index (Phi) is 4.74. The maximum Gasteiger partial charge on any atom is 0.310 e. The van der Waals surface area contributed by atoms with Crippen LogP contribution in [0.25, 0.3) is 0 Å². The van der Waals surface area contributed by atoms with Gasteiger partial charge in [0.05, 0.1) is 5.41 Å². The zero-order valence-electron chi connectivity index (χ0n) is 10.6. The van der Waals surface area contributed by atoms with Crippen LogP contribution in [0.15, 0.2) is 0 Å². The van der Waals surface area contributed by atoms with Gasteiger partial charge in [-0.3, -0.25) is 4.79 Å². The Morgan fingerprint density at radius 2 is 2.25 bits per heavy atom. The second kappa shape index (κ2) is 5.64. The van der Waals surface area contributed by atoms with E-state index in [9.17, 15) is 4.79 Å². The van der Waals surface area contributed by atoms with Crippen molar-refractivity contribution in [2.24, 2.45) is 11.3 Å². The Hall–Kier alpha value is -0.610. The number of aliphatic carboxylic acids is 1. The Bertz CT molecular complexity index is 241. The van der Waals surface area contributed by atoms with E-state index in [-0.39, 0.29) is 0 Å². The average Bonchev–Trinajstić information content (AvgIpc) is 2.59. The van der Waals surface area contributed by atoms with Crippen molar-refractivity contribution in [3.8, 4) is 0 Å². The van der Waals surface area contributed by atoms with Crippen LogP contribution < -0.4 is 5.32 Å². The highest BCUT2D eigenvalue weighted by Gasteiger charge is 2.26. The molecule has 94 valence electrons. The molecule has 1 aliphatic rings. The smallest absolute Gasteiger partial charge is 0.310 e. The van der Waals surface area contributed by atoms with Gasteiger partial charge in [0, 0.05) is 13.1 Å². The average molecular weight is 228 g/mol. The van der Waals surface area contributed by atoms with Crippen molar-refractivity contribution in [3.05, 3.63) is 0 Å². The van der Waals surface area contributed by atoms with Crippen molar-refractivity contribution >= 4 is 5.97 Å². The summed E-state index contributed by atoms with van der Waals surface area (Å²) in [4.78, 5) is 13.2. The standard InChI is InChI=1S/C12H24N2O2/c1-12(2,11(15)16)9-13-6-4-10-5-7-14(3)8-10/h10,13H,4-9H2,1-3H3,(H,15,16). The van der Waals surface area contributed by atoms with Crippen LogP contribution >= 0.6 is 0 Å². The number of hydrogen-bond donors (Lipinski definition) is 2. The van der Waals surface area contributed by atoms with Gasteiger partial charge in [0.15, 0.2) is 0 Å². The highest BCUT2D eigenvalue weighted by atomic mass is 16.4. The molecule has 0 aliphatic carbocycles. The van der Waals surface area contributed by atoms with Gasteiger partial charge in [-0.05, 0) is 52.7 Å². The minimum absolute atomic E-state index is 0.547. The summed E-state index contributed by atoms with van der Waals surface area (Å²) in [6.07, 6.45) is 2.43. The molecule has 0 amide bonds. The molecule has 4 nitrogen and oxygen atoms in total. The third kappa shape index (κ3) is 4.10. The van der Waals surface area contributed by atoms with Gasteiger partial charge in [0.1, 0.15) is 0 Å². The third-order valence-corrected chi connectivity index (χ3v) is 3.36. The molecule has 1 fully saturated rings. The molecule has 0 aromatic heterocycles. The molecule has 4 heteroatoms. The summed E-state index contributed by atoms with van der Waals surface area (Å²) < 4.78 is 0. The molecule has 1 atom stereocenters. The van der Waals surface area contributed by atoms with Gasteiger partial charge >= 0.3 is 5.97 Å². The van der Waals surface area contributed by atoms with Crippen LogP contribution in [-0.2, 0) is 4.79 Å². The van der Waals surface area contributed by atoms with Crippen LogP contribution in [0.1, 0.15) is 26.7 Å². The van der Waals surface area contributed by atoms with Crippen molar-refractivity contribution in [2.45, 2.75) is 26.7 Å². The van der Waals surface area contributed by atoms with Gasteiger partial charge in [-0.2, -0.15) is 0 Å². The van der Waals surface area contributed by atoms with E-state index < -0.39 is 11.4 Å². The largest absolute Gasteiger partial charge is 0.481 e. The fourth-order valence-electron chi connectivity index (χ4n) is 2.04. The molecule has 0 spiro atoms. The fourth-order valence-corrected chi connectivity index (χ4v) is 2.04. The quantitative estimate of drug-likeness (QED) is 0.667. The van der Waals surface area contributed by atoms with Crippen molar-refractivity contribution in [1.82, 2.24) is 10.2 Å². The molecular formula is C12H24N2O2. The number of nitrogens with zero attached hydrogens (tertiary/aromatic N) is 1. The van der Waals surface area contributed by atoms with Gasteiger partial charge in [0.2, 0.25) is 0 Å². The summed E-state index contributed by atoms with van der Waals surface area (Å²) >= 11 is 0. The van der Waals surface area contributed by atoms with Gasteiger partial charge in [0.25, 0.3) is 0 Å². The molecule has 1 saturated heterocycles. The molecule has 1 aliphatic heterocycles. The van der Waals surface area contributed by atoms with Crippen molar-refractivity contribution in [3.63, 3.8) is 0 Å². The van der Waals surface area contributed by atoms with E-state index >= 15 is 0 Å². The molecule has 1 rings (SSSR count). The lowest BCUT2D eigenvalue weighted by Crippen LogP contribution is -2.36. The number of nitrogens with one attached hydrogen (secondary N) is 1. The van der Waals surface area contributed by atoms with Crippen LogP contribution in [0.2, 0.25) is 0 Å². The number of likely N-dealkylation sites (tertiary alicyclic amines) is 1. The molecular weight excluding hydrogens is 204 g/mol. The predicted molar refractivity (Wildman–Crippen MR) is 64.5 cm³/mol. The minimum atomic E-state index is -0.736. The lowest BCUT2D eigenvalue weighted by atomic mass is 9.94. The Balaban J connectivity index is 2.10. The van der Waals surface area contributed by atoms with Crippen LogP contribution in [0.4, 0.5) is 0 Å². The monoisotopic (exact) mass is 228 g/mol. The molecule has 0 saturated carbocycles. The van der Waals surface area contributed by atoms with E-state index in [1.54, 1.807) is 13.8 Å². The van der Waals surface area contributed by atoms with Crippen LogP contribution in [-0.4, -0.2) is 49.2 Å². The van der Waals surface area contributed by atoms with Gasteiger partial charge < -0.3 is 15.3 Å². The van der Waals surface area contributed by atoms with Crippen LogP contribution in [0, 0.1) is 11.3 Å². The van der Waals surface area contributed by atoms with Crippen molar-refractivity contribution in [1.29, 1.82) is 0 Å². The van der Waals surface area contributed by atoms with Crippen molar-refractivity contribution < 1.29 is 9.90 Å². The van der Waals surface area contributed by atoms with Gasteiger partial charge in [-0.25, -0.2) is 0 Å². The first-order valence-corrected chi connectivity index (χ1v) is 6.04. The zero-order valence-corrected chi connectivity index (χ0v) is 10.6. The number of carboxylic acid groups (broad SMARTS) is 1. The summed E-state index contributed by atoms with van der Waals surface area (Å²) in [5.41, 5.74) is -0.660. The number of carboxylic acids is 1. The summed E-state index contributed by atoms with van der Waals surface area (Å²) in [6.45, 7) is 7.37. The SMILES string of the molecule is CN1CCC(CCNCC(C)(C)C(=O)O)C1. The lowest BCUT2D eigenvalue weighted by Gasteiger charge is -2.20. The lowest BCUT2D eigenvalue weighted by molar-refractivity contribution is -0.146. The van der Waals surface area contributed by atoms with Crippen LogP contribution in [0.5, 0.6) is 0 Å². The molecule has 0 radical (unpaired) electrons. The topological polar surface area (TPSA) is 52.6 Å². The molecule has 2 N–H and O–H groups in total.